The lowest BCUT2D eigenvalue weighted by atomic mass is 10.1. The quantitative estimate of drug-likeness (QED) is 0.754. The Morgan fingerprint density at radius 1 is 0.957 bits per heavy atom. The second-order valence-electron chi connectivity index (χ2n) is 5.00. The van der Waals surface area contributed by atoms with E-state index < -0.39 is 5.91 Å². The molecule has 2 aromatic carbocycles. The van der Waals surface area contributed by atoms with Gasteiger partial charge in [0.15, 0.2) is 0 Å². The third kappa shape index (κ3) is 3.67. The van der Waals surface area contributed by atoms with Crippen molar-refractivity contribution in [3.63, 3.8) is 0 Å². The van der Waals surface area contributed by atoms with Gasteiger partial charge in [-0.2, -0.15) is 0 Å². The number of primary amides is 1. The van der Waals surface area contributed by atoms with Gasteiger partial charge in [-0.1, -0.05) is 23.7 Å². The minimum Gasteiger partial charge on any atom is -0.366 e. The Hall–Kier alpha value is -2.85. The van der Waals surface area contributed by atoms with Gasteiger partial charge in [0.05, 0.1) is 0 Å². The van der Waals surface area contributed by atoms with E-state index in [4.69, 9.17) is 17.3 Å². The molecule has 0 bridgehead atoms. The first-order valence-corrected chi connectivity index (χ1v) is 7.38. The largest absolute Gasteiger partial charge is 0.366 e. The molecule has 1 aromatic heterocycles. The molecule has 0 radical (unpaired) electrons. The van der Waals surface area contributed by atoms with Crippen LogP contribution >= 0.6 is 11.6 Å². The molecule has 0 aliphatic rings. The van der Waals surface area contributed by atoms with Crippen molar-refractivity contribution in [3.8, 4) is 11.1 Å². The van der Waals surface area contributed by atoms with Crippen molar-refractivity contribution in [2.24, 2.45) is 5.73 Å². The maximum Gasteiger partial charge on any atom is 0.248 e. The fourth-order valence-corrected chi connectivity index (χ4v) is 2.31. The van der Waals surface area contributed by atoms with Gasteiger partial charge in [0.2, 0.25) is 5.91 Å². The Labute approximate surface area is 138 Å². The number of aromatic nitrogens is 1. The molecular formula is C18H14ClN3O. The van der Waals surface area contributed by atoms with Crippen molar-refractivity contribution in [3.05, 3.63) is 77.4 Å². The van der Waals surface area contributed by atoms with Crippen molar-refractivity contribution in [1.29, 1.82) is 0 Å². The molecule has 3 aromatic rings. The molecule has 3 N–H and O–H groups in total. The van der Waals surface area contributed by atoms with E-state index in [2.05, 4.69) is 10.3 Å². The minimum absolute atomic E-state index is 0.445. The van der Waals surface area contributed by atoms with E-state index >= 15 is 0 Å². The summed E-state index contributed by atoms with van der Waals surface area (Å²) in [5.74, 6) is 0.267. The van der Waals surface area contributed by atoms with Crippen LogP contribution < -0.4 is 11.1 Å². The maximum absolute atomic E-state index is 11.1. The average molecular weight is 324 g/mol. The fraction of sp³-hybridized carbons (Fsp3) is 0. The number of benzene rings is 2. The van der Waals surface area contributed by atoms with E-state index in [1.807, 2.05) is 36.4 Å². The van der Waals surface area contributed by atoms with Gasteiger partial charge in [0.25, 0.3) is 0 Å². The summed E-state index contributed by atoms with van der Waals surface area (Å²) in [6.07, 6.45) is 1.74. The molecule has 1 heterocycles. The second kappa shape index (κ2) is 6.50. The van der Waals surface area contributed by atoms with Gasteiger partial charge in [0.1, 0.15) is 5.82 Å². The van der Waals surface area contributed by atoms with E-state index in [0.717, 1.165) is 16.8 Å². The Morgan fingerprint density at radius 3 is 2.30 bits per heavy atom. The standard InChI is InChI=1S/C18H14ClN3O/c19-15-5-1-12(2-6-15)14-9-10-21-17(11-14)22-16-7-3-13(4-8-16)18(20)23/h1-11H,(H2,20,23)(H,21,22). The lowest BCUT2D eigenvalue weighted by Gasteiger charge is -2.08. The molecular weight excluding hydrogens is 310 g/mol. The molecule has 0 fully saturated rings. The van der Waals surface area contributed by atoms with Gasteiger partial charge in [-0.05, 0) is 59.7 Å². The number of carbonyl (C=O) groups excluding carboxylic acids is 1. The van der Waals surface area contributed by atoms with Crippen LogP contribution in [0.1, 0.15) is 10.4 Å². The molecule has 23 heavy (non-hydrogen) atoms. The first kappa shape index (κ1) is 15.1. The number of hydrogen-bond donors (Lipinski definition) is 2. The van der Waals surface area contributed by atoms with Gasteiger partial charge in [0, 0.05) is 22.5 Å². The number of rotatable bonds is 4. The fourth-order valence-electron chi connectivity index (χ4n) is 2.19. The van der Waals surface area contributed by atoms with Crippen LogP contribution in [0.25, 0.3) is 11.1 Å². The predicted octanol–water partition coefficient (Wildman–Crippen LogP) is 4.24. The Bertz CT molecular complexity index is 830. The van der Waals surface area contributed by atoms with Crippen LogP contribution in [0.4, 0.5) is 11.5 Å². The molecule has 0 saturated heterocycles. The summed E-state index contributed by atoms with van der Waals surface area (Å²) in [6, 6.07) is 18.4. The molecule has 0 saturated carbocycles. The molecule has 0 aliphatic carbocycles. The zero-order valence-corrected chi connectivity index (χ0v) is 12.9. The van der Waals surface area contributed by atoms with Crippen molar-refractivity contribution < 1.29 is 4.79 Å². The molecule has 0 aliphatic heterocycles. The van der Waals surface area contributed by atoms with Crippen molar-refractivity contribution >= 4 is 29.0 Å². The van der Waals surface area contributed by atoms with Crippen LogP contribution in [0.5, 0.6) is 0 Å². The zero-order valence-electron chi connectivity index (χ0n) is 12.2. The highest BCUT2D eigenvalue weighted by Crippen LogP contribution is 2.24. The summed E-state index contributed by atoms with van der Waals surface area (Å²) >= 11 is 5.92. The number of nitrogens with one attached hydrogen (secondary N) is 1. The first-order chi connectivity index (χ1) is 11.1. The number of amides is 1. The first-order valence-electron chi connectivity index (χ1n) is 7.01. The van der Waals surface area contributed by atoms with Crippen LogP contribution in [0, 0.1) is 0 Å². The summed E-state index contributed by atoms with van der Waals surface area (Å²) in [5.41, 5.74) is 8.62. The second-order valence-corrected chi connectivity index (χ2v) is 5.44. The SMILES string of the molecule is NC(=O)c1ccc(Nc2cc(-c3ccc(Cl)cc3)ccn2)cc1. The normalized spacial score (nSPS) is 10.3. The van der Waals surface area contributed by atoms with E-state index in [1.54, 1.807) is 30.5 Å². The lowest BCUT2D eigenvalue weighted by Crippen LogP contribution is -2.10. The third-order valence-corrected chi connectivity index (χ3v) is 3.63. The maximum atomic E-state index is 11.1. The summed E-state index contributed by atoms with van der Waals surface area (Å²) < 4.78 is 0. The number of nitrogens with zero attached hydrogens (tertiary/aromatic N) is 1. The Balaban J connectivity index is 1.82. The summed E-state index contributed by atoms with van der Waals surface area (Å²) in [5, 5.41) is 3.91. The van der Waals surface area contributed by atoms with E-state index in [9.17, 15) is 4.79 Å². The van der Waals surface area contributed by atoms with Crippen LogP contribution in [0.2, 0.25) is 5.02 Å². The lowest BCUT2D eigenvalue weighted by molar-refractivity contribution is 0.100. The predicted molar refractivity (Wildman–Crippen MR) is 92.9 cm³/mol. The minimum atomic E-state index is -0.445. The number of hydrogen-bond acceptors (Lipinski definition) is 3. The zero-order chi connectivity index (χ0) is 16.2. The van der Waals surface area contributed by atoms with Crippen LogP contribution in [-0.4, -0.2) is 10.9 Å². The number of nitrogens with two attached hydrogens (primary N) is 1. The van der Waals surface area contributed by atoms with Gasteiger partial charge < -0.3 is 11.1 Å². The molecule has 0 atom stereocenters. The monoisotopic (exact) mass is 323 g/mol. The summed E-state index contributed by atoms with van der Waals surface area (Å²) in [7, 11) is 0. The number of pyridine rings is 1. The highest BCUT2D eigenvalue weighted by Gasteiger charge is 2.03. The molecule has 0 spiro atoms. The number of anilines is 2. The smallest absolute Gasteiger partial charge is 0.248 e. The highest BCUT2D eigenvalue weighted by atomic mass is 35.5. The van der Waals surface area contributed by atoms with Crippen LogP contribution in [0.3, 0.4) is 0 Å². The summed E-state index contributed by atoms with van der Waals surface area (Å²) in [4.78, 5) is 15.4. The van der Waals surface area contributed by atoms with Gasteiger partial charge in [-0.15, -0.1) is 0 Å². The Morgan fingerprint density at radius 2 is 1.65 bits per heavy atom. The Kier molecular flexibility index (Phi) is 4.26. The average Bonchev–Trinajstić information content (AvgIpc) is 2.56. The van der Waals surface area contributed by atoms with Gasteiger partial charge in [-0.25, -0.2) is 4.98 Å². The molecule has 114 valence electrons. The van der Waals surface area contributed by atoms with Crippen molar-refractivity contribution in [2.45, 2.75) is 0 Å². The molecule has 4 nitrogen and oxygen atoms in total. The number of carbonyl (C=O) groups is 1. The van der Waals surface area contributed by atoms with Gasteiger partial charge >= 0.3 is 0 Å². The summed E-state index contributed by atoms with van der Waals surface area (Å²) in [6.45, 7) is 0. The third-order valence-electron chi connectivity index (χ3n) is 3.38. The molecule has 0 unspecified atom stereocenters. The van der Waals surface area contributed by atoms with Crippen molar-refractivity contribution in [2.75, 3.05) is 5.32 Å². The van der Waals surface area contributed by atoms with Gasteiger partial charge in [-0.3, -0.25) is 4.79 Å². The van der Waals surface area contributed by atoms with E-state index in [1.165, 1.54) is 0 Å². The molecule has 3 rings (SSSR count). The molecule has 1 amide bonds. The van der Waals surface area contributed by atoms with Crippen molar-refractivity contribution in [1.82, 2.24) is 4.98 Å². The van der Waals surface area contributed by atoms with Crippen LogP contribution in [0.15, 0.2) is 66.9 Å². The number of halogens is 1. The molecule has 5 heteroatoms. The van der Waals surface area contributed by atoms with Crippen LogP contribution in [-0.2, 0) is 0 Å². The highest BCUT2D eigenvalue weighted by molar-refractivity contribution is 6.30. The van der Waals surface area contributed by atoms with E-state index in [-0.39, 0.29) is 0 Å². The van der Waals surface area contributed by atoms with E-state index in [0.29, 0.717) is 16.4 Å². The topological polar surface area (TPSA) is 68.0 Å².